The Bertz CT molecular complexity index is 584. The second-order valence-corrected chi connectivity index (χ2v) is 4.08. The Hall–Kier alpha value is -2.14. The maximum Gasteiger partial charge on any atom is 0.337 e. The van der Waals surface area contributed by atoms with Crippen LogP contribution in [0.5, 0.6) is 0 Å². The van der Waals surface area contributed by atoms with Crippen molar-refractivity contribution in [2.45, 2.75) is 6.92 Å². The lowest BCUT2D eigenvalue weighted by atomic mass is 10.3. The van der Waals surface area contributed by atoms with Gasteiger partial charge in [-0.3, -0.25) is 4.98 Å². The summed E-state index contributed by atoms with van der Waals surface area (Å²) < 4.78 is 0. The summed E-state index contributed by atoms with van der Waals surface area (Å²) in [6.45, 7) is 1.89. The highest BCUT2D eigenvalue weighted by atomic mass is 35.5. The van der Waals surface area contributed by atoms with Gasteiger partial charge in [-0.15, -0.1) is 0 Å². The van der Waals surface area contributed by atoms with Gasteiger partial charge in [0, 0.05) is 11.9 Å². The molecule has 92 valence electrons. The fraction of sp³-hybridized carbons (Fsp3) is 0.0833. The van der Waals surface area contributed by atoms with Gasteiger partial charge in [0.2, 0.25) is 0 Å². The van der Waals surface area contributed by atoms with E-state index in [1.807, 2.05) is 19.1 Å². The van der Waals surface area contributed by atoms with Crippen LogP contribution in [-0.2, 0) is 0 Å². The first-order valence-corrected chi connectivity index (χ1v) is 5.52. The molecule has 0 aromatic carbocycles. The van der Waals surface area contributed by atoms with Crippen molar-refractivity contribution in [3.8, 4) is 0 Å². The van der Waals surface area contributed by atoms with E-state index < -0.39 is 5.97 Å². The molecule has 0 spiro atoms. The molecule has 0 amide bonds. The number of aromatic carboxylic acids is 1. The van der Waals surface area contributed by atoms with Crippen molar-refractivity contribution < 1.29 is 9.90 Å². The summed E-state index contributed by atoms with van der Waals surface area (Å²) in [5.41, 5.74) is 1.69. The number of hydrogen-bond acceptors (Lipinski definition) is 4. The maximum atomic E-state index is 10.7. The first-order valence-electron chi connectivity index (χ1n) is 5.15. The third-order valence-corrected chi connectivity index (χ3v) is 2.55. The number of nitrogens with one attached hydrogen (secondary N) is 1. The third-order valence-electron chi connectivity index (χ3n) is 2.26. The molecule has 2 aromatic heterocycles. The molecule has 0 aliphatic rings. The SMILES string of the molecule is Cc1ccc(Nc2ncc(C(=O)O)cc2Cl)cn1. The summed E-state index contributed by atoms with van der Waals surface area (Å²) in [6.07, 6.45) is 2.90. The van der Waals surface area contributed by atoms with Gasteiger partial charge < -0.3 is 10.4 Å². The molecule has 0 radical (unpaired) electrons. The monoisotopic (exact) mass is 263 g/mol. The second-order valence-electron chi connectivity index (χ2n) is 3.67. The van der Waals surface area contributed by atoms with Gasteiger partial charge in [0.25, 0.3) is 0 Å². The van der Waals surface area contributed by atoms with E-state index in [0.717, 1.165) is 11.4 Å². The summed E-state index contributed by atoms with van der Waals surface area (Å²) in [5, 5.41) is 12.0. The summed E-state index contributed by atoms with van der Waals surface area (Å²) in [6, 6.07) is 5.04. The second kappa shape index (κ2) is 5.01. The molecular formula is C12H10ClN3O2. The fourth-order valence-corrected chi connectivity index (χ4v) is 1.54. The van der Waals surface area contributed by atoms with Crippen LogP contribution in [0.4, 0.5) is 11.5 Å². The van der Waals surface area contributed by atoms with Gasteiger partial charge >= 0.3 is 5.97 Å². The van der Waals surface area contributed by atoms with E-state index in [4.69, 9.17) is 16.7 Å². The maximum absolute atomic E-state index is 10.7. The van der Waals surface area contributed by atoms with Gasteiger partial charge in [-0.2, -0.15) is 0 Å². The number of carboxylic acid groups (broad SMARTS) is 1. The molecule has 2 rings (SSSR count). The molecule has 0 unspecified atom stereocenters. The van der Waals surface area contributed by atoms with E-state index in [1.54, 1.807) is 6.20 Å². The van der Waals surface area contributed by atoms with Crippen LogP contribution in [-0.4, -0.2) is 21.0 Å². The van der Waals surface area contributed by atoms with Gasteiger partial charge in [-0.1, -0.05) is 11.6 Å². The Morgan fingerprint density at radius 1 is 1.33 bits per heavy atom. The molecule has 18 heavy (non-hydrogen) atoms. The van der Waals surface area contributed by atoms with Crippen LogP contribution in [0.2, 0.25) is 5.02 Å². The summed E-state index contributed by atoms with van der Waals surface area (Å²) in [5.74, 6) is -0.666. The lowest BCUT2D eigenvalue weighted by Gasteiger charge is -2.07. The molecule has 0 atom stereocenters. The van der Waals surface area contributed by atoms with Crippen LogP contribution >= 0.6 is 11.6 Å². The lowest BCUT2D eigenvalue weighted by molar-refractivity contribution is 0.0696. The molecule has 5 nitrogen and oxygen atoms in total. The topological polar surface area (TPSA) is 75.1 Å². The van der Waals surface area contributed by atoms with Crippen LogP contribution in [0, 0.1) is 6.92 Å². The standard InChI is InChI=1S/C12H10ClN3O2/c1-7-2-3-9(6-14-7)16-11-10(13)4-8(5-15-11)12(17)18/h2-6H,1H3,(H,15,16)(H,17,18). The quantitative estimate of drug-likeness (QED) is 0.891. The summed E-state index contributed by atoms with van der Waals surface area (Å²) >= 11 is 5.95. The number of nitrogens with zero attached hydrogens (tertiary/aromatic N) is 2. The van der Waals surface area contributed by atoms with Crippen molar-refractivity contribution in [2.75, 3.05) is 5.32 Å². The number of pyridine rings is 2. The predicted octanol–water partition coefficient (Wildman–Crippen LogP) is 2.88. The number of aryl methyl sites for hydroxylation is 1. The summed E-state index contributed by atoms with van der Waals surface area (Å²) in [7, 11) is 0. The zero-order chi connectivity index (χ0) is 13.1. The number of aromatic nitrogens is 2. The van der Waals surface area contributed by atoms with Crippen LogP contribution in [0.25, 0.3) is 0 Å². The Kier molecular flexibility index (Phi) is 3.43. The van der Waals surface area contributed by atoms with Crippen molar-refractivity contribution in [1.82, 2.24) is 9.97 Å². The van der Waals surface area contributed by atoms with Gasteiger partial charge in [0.15, 0.2) is 0 Å². The Morgan fingerprint density at radius 3 is 2.67 bits per heavy atom. The minimum atomic E-state index is -1.06. The van der Waals surface area contributed by atoms with Gasteiger partial charge in [0.05, 0.1) is 22.5 Å². The van der Waals surface area contributed by atoms with E-state index in [-0.39, 0.29) is 10.6 Å². The zero-order valence-corrected chi connectivity index (χ0v) is 10.3. The first-order chi connectivity index (χ1) is 8.56. The van der Waals surface area contributed by atoms with Crippen molar-refractivity contribution in [3.63, 3.8) is 0 Å². The molecule has 0 fully saturated rings. The van der Waals surface area contributed by atoms with Crippen molar-refractivity contribution in [1.29, 1.82) is 0 Å². The number of hydrogen-bond donors (Lipinski definition) is 2. The Morgan fingerprint density at radius 2 is 2.11 bits per heavy atom. The summed E-state index contributed by atoms with van der Waals surface area (Å²) in [4.78, 5) is 18.8. The average Bonchev–Trinajstić information content (AvgIpc) is 2.34. The zero-order valence-electron chi connectivity index (χ0n) is 9.51. The molecule has 0 aliphatic heterocycles. The van der Waals surface area contributed by atoms with Crippen LogP contribution in [0.15, 0.2) is 30.6 Å². The molecule has 2 heterocycles. The Labute approximate surface area is 108 Å². The molecule has 6 heteroatoms. The van der Waals surface area contributed by atoms with E-state index in [1.165, 1.54) is 12.3 Å². The highest BCUT2D eigenvalue weighted by Crippen LogP contribution is 2.23. The number of anilines is 2. The smallest absolute Gasteiger partial charge is 0.337 e. The molecule has 0 bridgehead atoms. The third kappa shape index (κ3) is 2.75. The lowest BCUT2D eigenvalue weighted by Crippen LogP contribution is -2.00. The Balaban J connectivity index is 2.24. The van der Waals surface area contributed by atoms with Crippen molar-refractivity contribution in [3.05, 3.63) is 46.9 Å². The number of carboxylic acids is 1. The number of halogens is 1. The normalized spacial score (nSPS) is 10.1. The average molecular weight is 264 g/mol. The highest BCUT2D eigenvalue weighted by Gasteiger charge is 2.08. The van der Waals surface area contributed by atoms with E-state index >= 15 is 0 Å². The molecule has 2 aromatic rings. The highest BCUT2D eigenvalue weighted by molar-refractivity contribution is 6.33. The molecule has 0 aliphatic carbocycles. The van der Waals surface area contributed by atoms with E-state index in [9.17, 15) is 4.79 Å². The van der Waals surface area contributed by atoms with Gasteiger partial charge in [0.1, 0.15) is 5.82 Å². The predicted molar refractivity (Wildman–Crippen MR) is 68.5 cm³/mol. The molecule has 0 saturated heterocycles. The van der Waals surface area contributed by atoms with E-state index in [0.29, 0.717) is 5.82 Å². The van der Waals surface area contributed by atoms with Crippen LogP contribution < -0.4 is 5.32 Å². The molecule has 0 saturated carbocycles. The molecular weight excluding hydrogens is 254 g/mol. The largest absolute Gasteiger partial charge is 0.478 e. The van der Waals surface area contributed by atoms with Gasteiger partial charge in [-0.25, -0.2) is 9.78 Å². The molecule has 2 N–H and O–H groups in total. The number of rotatable bonds is 3. The van der Waals surface area contributed by atoms with Crippen molar-refractivity contribution in [2.24, 2.45) is 0 Å². The number of carbonyl (C=O) groups is 1. The van der Waals surface area contributed by atoms with Crippen LogP contribution in [0.3, 0.4) is 0 Å². The van der Waals surface area contributed by atoms with Crippen molar-refractivity contribution >= 4 is 29.1 Å². The van der Waals surface area contributed by atoms with E-state index in [2.05, 4.69) is 15.3 Å². The minimum Gasteiger partial charge on any atom is -0.478 e. The first kappa shape index (κ1) is 12.3. The van der Waals surface area contributed by atoms with Crippen LogP contribution in [0.1, 0.15) is 16.1 Å². The minimum absolute atomic E-state index is 0.0487. The fourth-order valence-electron chi connectivity index (χ4n) is 1.33. The van der Waals surface area contributed by atoms with Gasteiger partial charge in [-0.05, 0) is 25.1 Å².